The van der Waals surface area contributed by atoms with Crippen LogP contribution in [0.3, 0.4) is 0 Å². The Balaban J connectivity index is 1.61. The van der Waals surface area contributed by atoms with Crippen LogP contribution in [0.1, 0.15) is 15.9 Å². The number of fused-ring (bicyclic) bond motifs is 1. The van der Waals surface area contributed by atoms with Gasteiger partial charge in [0.05, 0.1) is 18.1 Å². The Labute approximate surface area is 171 Å². The number of likely N-dealkylation sites (N-methyl/N-ethyl adjacent to an activating group) is 1. The standard InChI is InChI=1S/C22H27N5O2/c1-24-9-11-26(12-10-24)15-17-5-4-6-19(13-17)27-16-23-20-8-7-18(14-21(20)27)22(28)25(2)29-3/h4-8,13-14,16H,9-12,15H2,1-3H3. The molecule has 0 N–H and O–H groups in total. The van der Waals surface area contributed by atoms with E-state index in [0.29, 0.717) is 5.56 Å². The van der Waals surface area contributed by atoms with Crippen molar-refractivity contribution in [3.63, 3.8) is 0 Å². The Kier molecular flexibility index (Phi) is 5.62. The van der Waals surface area contributed by atoms with Gasteiger partial charge in [0.1, 0.15) is 6.33 Å². The number of benzene rings is 2. The van der Waals surface area contributed by atoms with Crippen LogP contribution in [-0.4, -0.2) is 77.7 Å². The lowest BCUT2D eigenvalue weighted by Gasteiger charge is -2.32. The van der Waals surface area contributed by atoms with Gasteiger partial charge in [0.25, 0.3) is 5.91 Å². The van der Waals surface area contributed by atoms with E-state index in [1.54, 1.807) is 13.1 Å². The van der Waals surface area contributed by atoms with E-state index in [1.165, 1.54) is 17.7 Å². The van der Waals surface area contributed by atoms with Crippen LogP contribution in [0.15, 0.2) is 48.8 Å². The summed E-state index contributed by atoms with van der Waals surface area (Å²) in [6.45, 7) is 5.34. The lowest BCUT2D eigenvalue weighted by Crippen LogP contribution is -2.43. The van der Waals surface area contributed by atoms with Crippen LogP contribution in [-0.2, 0) is 11.4 Å². The molecule has 3 aromatic rings. The summed E-state index contributed by atoms with van der Waals surface area (Å²) in [7, 11) is 5.25. The Bertz CT molecular complexity index is 1010. The molecule has 2 heterocycles. The summed E-state index contributed by atoms with van der Waals surface area (Å²) in [5.41, 5.74) is 4.64. The van der Waals surface area contributed by atoms with E-state index in [9.17, 15) is 4.79 Å². The third-order valence-electron chi connectivity index (χ3n) is 5.54. The van der Waals surface area contributed by atoms with E-state index in [2.05, 4.69) is 46.1 Å². The predicted molar refractivity (Wildman–Crippen MR) is 113 cm³/mol. The van der Waals surface area contributed by atoms with E-state index >= 15 is 0 Å². The molecule has 4 rings (SSSR count). The summed E-state index contributed by atoms with van der Waals surface area (Å²) in [6.07, 6.45) is 1.81. The van der Waals surface area contributed by atoms with Gasteiger partial charge < -0.3 is 4.90 Å². The fraction of sp³-hybridized carbons (Fsp3) is 0.364. The minimum Gasteiger partial charge on any atom is -0.304 e. The zero-order valence-corrected chi connectivity index (χ0v) is 17.2. The maximum absolute atomic E-state index is 12.4. The first-order chi connectivity index (χ1) is 14.0. The highest BCUT2D eigenvalue weighted by atomic mass is 16.7. The summed E-state index contributed by atoms with van der Waals surface area (Å²) in [6, 6.07) is 14.1. The zero-order chi connectivity index (χ0) is 20.4. The minimum atomic E-state index is -0.189. The second-order valence-electron chi connectivity index (χ2n) is 7.55. The molecule has 7 nitrogen and oxygen atoms in total. The van der Waals surface area contributed by atoms with E-state index in [1.807, 2.05) is 23.0 Å². The van der Waals surface area contributed by atoms with Crippen LogP contribution in [0, 0.1) is 0 Å². The molecule has 1 aliphatic heterocycles. The SMILES string of the molecule is CON(C)C(=O)c1ccc2ncn(-c3cccc(CN4CCN(C)CC4)c3)c2c1. The molecule has 1 amide bonds. The molecule has 0 radical (unpaired) electrons. The van der Waals surface area contributed by atoms with Gasteiger partial charge >= 0.3 is 0 Å². The molecule has 0 atom stereocenters. The summed E-state index contributed by atoms with van der Waals surface area (Å²) in [5, 5.41) is 1.22. The molecule has 1 aromatic heterocycles. The van der Waals surface area contributed by atoms with Crippen molar-refractivity contribution in [2.24, 2.45) is 0 Å². The Morgan fingerprint density at radius 3 is 2.69 bits per heavy atom. The van der Waals surface area contributed by atoms with Crippen molar-refractivity contribution in [3.05, 3.63) is 59.9 Å². The molecule has 1 fully saturated rings. The van der Waals surface area contributed by atoms with Crippen LogP contribution in [0.25, 0.3) is 16.7 Å². The molecule has 0 saturated carbocycles. The van der Waals surface area contributed by atoms with Crippen LogP contribution >= 0.6 is 0 Å². The Hall–Kier alpha value is -2.74. The first-order valence-electron chi connectivity index (χ1n) is 9.84. The first kappa shape index (κ1) is 19.6. The highest BCUT2D eigenvalue weighted by Gasteiger charge is 2.16. The molecular formula is C22H27N5O2. The molecule has 7 heteroatoms. The van der Waals surface area contributed by atoms with Crippen molar-refractivity contribution < 1.29 is 9.63 Å². The quantitative estimate of drug-likeness (QED) is 0.623. The van der Waals surface area contributed by atoms with Crippen LogP contribution in [0.4, 0.5) is 0 Å². The number of carbonyl (C=O) groups is 1. The molecular weight excluding hydrogens is 366 g/mol. The van der Waals surface area contributed by atoms with E-state index in [-0.39, 0.29) is 5.91 Å². The molecule has 1 saturated heterocycles. The van der Waals surface area contributed by atoms with Gasteiger partial charge in [-0.25, -0.2) is 10.0 Å². The largest absolute Gasteiger partial charge is 0.304 e. The molecule has 0 bridgehead atoms. The molecule has 2 aromatic carbocycles. The lowest BCUT2D eigenvalue weighted by molar-refractivity contribution is -0.0756. The smallest absolute Gasteiger partial charge is 0.277 e. The predicted octanol–water partition coefficient (Wildman–Crippen LogP) is 2.41. The number of amides is 1. The van der Waals surface area contributed by atoms with Crippen molar-refractivity contribution in [2.75, 3.05) is 47.4 Å². The van der Waals surface area contributed by atoms with Crippen molar-refractivity contribution in [1.82, 2.24) is 24.4 Å². The number of hydrogen-bond donors (Lipinski definition) is 0. The molecule has 152 valence electrons. The molecule has 29 heavy (non-hydrogen) atoms. The minimum absolute atomic E-state index is 0.189. The Morgan fingerprint density at radius 1 is 1.14 bits per heavy atom. The maximum Gasteiger partial charge on any atom is 0.277 e. The summed E-state index contributed by atoms with van der Waals surface area (Å²) < 4.78 is 2.03. The lowest BCUT2D eigenvalue weighted by atomic mass is 10.1. The van der Waals surface area contributed by atoms with Gasteiger partial charge in [-0.05, 0) is 42.9 Å². The van der Waals surface area contributed by atoms with Gasteiger partial charge in [0.15, 0.2) is 0 Å². The number of carbonyl (C=O) groups excluding carboxylic acids is 1. The molecule has 1 aliphatic rings. The van der Waals surface area contributed by atoms with Gasteiger partial charge in [0, 0.05) is 51.0 Å². The third kappa shape index (κ3) is 4.17. The van der Waals surface area contributed by atoms with Crippen molar-refractivity contribution in [1.29, 1.82) is 0 Å². The van der Waals surface area contributed by atoms with Crippen molar-refractivity contribution in [3.8, 4) is 5.69 Å². The van der Waals surface area contributed by atoms with Crippen molar-refractivity contribution in [2.45, 2.75) is 6.54 Å². The van der Waals surface area contributed by atoms with E-state index < -0.39 is 0 Å². The van der Waals surface area contributed by atoms with Crippen molar-refractivity contribution >= 4 is 16.9 Å². The van der Waals surface area contributed by atoms with Gasteiger partial charge in [-0.15, -0.1) is 0 Å². The highest BCUT2D eigenvalue weighted by Crippen LogP contribution is 2.22. The summed E-state index contributed by atoms with van der Waals surface area (Å²) in [5.74, 6) is -0.189. The number of aromatic nitrogens is 2. The van der Waals surface area contributed by atoms with Gasteiger partial charge in [0.2, 0.25) is 0 Å². The maximum atomic E-state index is 12.4. The number of hydrogen-bond acceptors (Lipinski definition) is 5. The molecule has 0 spiro atoms. The normalized spacial score (nSPS) is 15.7. The number of rotatable bonds is 5. The fourth-order valence-electron chi connectivity index (χ4n) is 3.68. The average molecular weight is 393 g/mol. The van der Waals surface area contributed by atoms with E-state index in [4.69, 9.17) is 4.84 Å². The second-order valence-corrected chi connectivity index (χ2v) is 7.55. The van der Waals surface area contributed by atoms with Crippen LogP contribution in [0.2, 0.25) is 0 Å². The summed E-state index contributed by atoms with van der Waals surface area (Å²) in [4.78, 5) is 26.8. The Morgan fingerprint density at radius 2 is 1.93 bits per heavy atom. The number of hydroxylamine groups is 2. The van der Waals surface area contributed by atoms with Crippen LogP contribution < -0.4 is 0 Å². The molecule has 0 aliphatic carbocycles. The van der Waals surface area contributed by atoms with Gasteiger partial charge in [-0.2, -0.15) is 0 Å². The first-order valence-corrected chi connectivity index (χ1v) is 9.84. The monoisotopic (exact) mass is 393 g/mol. The third-order valence-corrected chi connectivity index (χ3v) is 5.54. The number of imidazole rings is 1. The summed E-state index contributed by atoms with van der Waals surface area (Å²) >= 11 is 0. The average Bonchev–Trinajstić information content (AvgIpc) is 3.17. The van der Waals surface area contributed by atoms with Gasteiger partial charge in [-0.3, -0.25) is 19.1 Å². The zero-order valence-electron chi connectivity index (χ0n) is 17.2. The van der Waals surface area contributed by atoms with Gasteiger partial charge in [-0.1, -0.05) is 12.1 Å². The number of piperazine rings is 1. The van der Waals surface area contributed by atoms with Crippen LogP contribution in [0.5, 0.6) is 0 Å². The molecule has 0 unspecified atom stereocenters. The fourth-order valence-corrected chi connectivity index (χ4v) is 3.68. The second kappa shape index (κ2) is 8.32. The topological polar surface area (TPSA) is 53.8 Å². The highest BCUT2D eigenvalue weighted by molar-refractivity contribution is 5.97. The number of nitrogens with zero attached hydrogens (tertiary/aromatic N) is 5. The van der Waals surface area contributed by atoms with E-state index in [0.717, 1.165) is 49.4 Å².